The summed E-state index contributed by atoms with van der Waals surface area (Å²) < 4.78 is 7.25. The number of thioether (sulfide) groups is 1. The smallest absolute Gasteiger partial charge is 0.195 e. The van der Waals surface area contributed by atoms with Gasteiger partial charge in [0.15, 0.2) is 5.16 Å². The van der Waals surface area contributed by atoms with Crippen LogP contribution in [0.5, 0.6) is 5.75 Å². The van der Waals surface area contributed by atoms with E-state index in [0.717, 1.165) is 28.8 Å². The van der Waals surface area contributed by atoms with Gasteiger partial charge in [0.2, 0.25) is 0 Å². The van der Waals surface area contributed by atoms with Gasteiger partial charge in [0.1, 0.15) is 17.9 Å². The molecule has 1 heterocycles. The SMILES string of the molecule is COc1ccccc1-n1cnnc1SCCCC(C)=O. The van der Waals surface area contributed by atoms with Crippen molar-refractivity contribution in [3.63, 3.8) is 0 Å². The standard InChI is InChI=1S/C14H17N3O2S/c1-11(18)6-5-9-20-14-16-15-10-17(14)12-7-3-4-8-13(12)19-2/h3-4,7-8,10H,5-6,9H2,1-2H3. The zero-order valence-corrected chi connectivity index (χ0v) is 12.4. The molecule has 0 saturated carbocycles. The molecule has 1 aromatic heterocycles. The highest BCUT2D eigenvalue weighted by molar-refractivity contribution is 7.99. The Hall–Kier alpha value is -1.82. The number of carbonyl (C=O) groups excluding carboxylic acids is 1. The minimum atomic E-state index is 0.219. The monoisotopic (exact) mass is 291 g/mol. The lowest BCUT2D eigenvalue weighted by Gasteiger charge is -2.10. The molecule has 0 aliphatic rings. The van der Waals surface area contributed by atoms with Crippen molar-refractivity contribution in [1.29, 1.82) is 0 Å². The lowest BCUT2D eigenvalue weighted by atomic mass is 10.3. The summed E-state index contributed by atoms with van der Waals surface area (Å²) in [6.07, 6.45) is 3.12. The third-order valence-electron chi connectivity index (χ3n) is 2.77. The van der Waals surface area contributed by atoms with Crippen LogP contribution in [-0.4, -0.2) is 33.4 Å². The highest BCUT2D eigenvalue weighted by Gasteiger charge is 2.10. The fourth-order valence-electron chi connectivity index (χ4n) is 1.80. The highest BCUT2D eigenvalue weighted by atomic mass is 32.2. The summed E-state index contributed by atoms with van der Waals surface area (Å²) in [6, 6.07) is 7.73. The molecular weight excluding hydrogens is 274 g/mol. The Balaban J connectivity index is 2.10. The Morgan fingerprint density at radius 3 is 2.95 bits per heavy atom. The quantitative estimate of drug-likeness (QED) is 0.580. The maximum absolute atomic E-state index is 10.9. The summed E-state index contributed by atoms with van der Waals surface area (Å²) in [6.45, 7) is 1.61. The number of aromatic nitrogens is 3. The second-order valence-corrected chi connectivity index (χ2v) is 5.37. The van der Waals surface area contributed by atoms with E-state index in [-0.39, 0.29) is 5.78 Å². The lowest BCUT2D eigenvalue weighted by Crippen LogP contribution is -1.99. The molecule has 0 aliphatic heterocycles. The first-order chi connectivity index (χ1) is 9.72. The van der Waals surface area contributed by atoms with Crippen molar-refractivity contribution in [1.82, 2.24) is 14.8 Å². The molecule has 0 atom stereocenters. The van der Waals surface area contributed by atoms with Crippen LogP contribution in [0.2, 0.25) is 0 Å². The molecule has 6 heteroatoms. The van der Waals surface area contributed by atoms with Crippen molar-refractivity contribution in [2.24, 2.45) is 0 Å². The molecule has 0 spiro atoms. The van der Waals surface area contributed by atoms with Crippen molar-refractivity contribution < 1.29 is 9.53 Å². The number of carbonyl (C=O) groups is 1. The third-order valence-corrected chi connectivity index (χ3v) is 3.79. The minimum Gasteiger partial charge on any atom is -0.495 e. The number of Topliss-reactive ketones (excluding diaryl/α,β-unsaturated/α-hetero) is 1. The van der Waals surface area contributed by atoms with E-state index in [0.29, 0.717) is 6.42 Å². The number of hydrogen-bond donors (Lipinski definition) is 0. The average Bonchev–Trinajstić information content (AvgIpc) is 2.91. The first kappa shape index (κ1) is 14.6. The third kappa shape index (κ3) is 3.60. The van der Waals surface area contributed by atoms with Crippen molar-refractivity contribution in [2.75, 3.05) is 12.9 Å². The molecule has 0 unspecified atom stereocenters. The number of para-hydroxylation sites is 2. The van der Waals surface area contributed by atoms with E-state index in [1.54, 1.807) is 32.1 Å². The van der Waals surface area contributed by atoms with E-state index in [1.165, 1.54) is 0 Å². The van der Waals surface area contributed by atoms with Gasteiger partial charge in [0, 0.05) is 12.2 Å². The zero-order chi connectivity index (χ0) is 14.4. The van der Waals surface area contributed by atoms with Crippen molar-refractivity contribution >= 4 is 17.5 Å². The number of rotatable bonds is 7. The Bertz CT molecular complexity index is 583. The molecular formula is C14H17N3O2S. The largest absolute Gasteiger partial charge is 0.495 e. The maximum Gasteiger partial charge on any atom is 0.195 e. The Kier molecular flexibility index (Phi) is 5.17. The predicted molar refractivity (Wildman–Crippen MR) is 78.6 cm³/mol. The van der Waals surface area contributed by atoms with Crippen LogP contribution >= 0.6 is 11.8 Å². The van der Waals surface area contributed by atoms with E-state index in [1.807, 2.05) is 28.8 Å². The van der Waals surface area contributed by atoms with Crippen molar-refractivity contribution in [3.8, 4) is 11.4 Å². The molecule has 2 rings (SSSR count). The van der Waals surface area contributed by atoms with Gasteiger partial charge in [0.25, 0.3) is 0 Å². The van der Waals surface area contributed by atoms with Gasteiger partial charge >= 0.3 is 0 Å². The summed E-state index contributed by atoms with van der Waals surface area (Å²) in [7, 11) is 1.64. The van der Waals surface area contributed by atoms with Gasteiger partial charge < -0.3 is 9.53 Å². The number of ether oxygens (including phenoxy) is 1. The van der Waals surface area contributed by atoms with Gasteiger partial charge in [0.05, 0.1) is 12.8 Å². The molecule has 20 heavy (non-hydrogen) atoms. The normalized spacial score (nSPS) is 10.5. The number of benzene rings is 1. The molecule has 0 saturated heterocycles. The van der Waals surface area contributed by atoms with Crippen LogP contribution in [0.3, 0.4) is 0 Å². The lowest BCUT2D eigenvalue weighted by molar-refractivity contribution is -0.117. The molecule has 0 aliphatic carbocycles. The second-order valence-electron chi connectivity index (χ2n) is 4.31. The fraction of sp³-hybridized carbons (Fsp3) is 0.357. The Labute approximate surface area is 122 Å². The molecule has 106 valence electrons. The van der Waals surface area contributed by atoms with E-state index in [9.17, 15) is 4.79 Å². The van der Waals surface area contributed by atoms with E-state index < -0.39 is 0 Å². The average molecular weight is 291 g/mol. The molecule has 0 amide bonds. The van der Waals surface area contributed by atoms with E-state index in [2.05, 4.69) is 10.2 Å². The molecule has 2 aromatic rings. The van der Waals surface area contributed by atoms with Crippen LogP contribution in [0.15, 0.2) is 35.7 Å². The van der Waals surface area contributed by atoms with Gasteiger partial charge in [-0.05, 0) is 25.5 Å². The van der Waals surface area contributed by atoms with Crippen molar-refractivity contribution in [3.05, 3.63) is 30.6 Å². The van der Waals surface area contributed by atoms with Gasteiger partial charge in [-0.2, -0.15) is 0 Å². The Morgan fingerprint density at radius 1 is 1.40 bits per heavy atom. The van der Waals surface area contributed by atoms with Crippen LogP contribution in [-0.2, 0) is 4.79 Å². The van der Waals surface area contributed by atoms with Crippen LogP contribution in [0.4, 0.5) is 0 Å². The van der Waals surface area contributed by atoms with Gasteiger partial charge in [-0.15, -0.1) is 10.2 Å². The van der Waals surface area contributed by atoms with Crippen LogP contribution < -0.4 is 4.74 Å². The number of ketones is 1. The summed E-state index contributed by atoms with van der Waals surface area (Å²) in [4.78, 5) is 10.9. The Morgan fingerprint density at radius 2 is 2.20 bits per heavy atom. The minimum absolute atomic E-state index is 0.219. The molecule has 1 aromatic carbocycles. The number of nitrogens with zero attached hydrogens (tertiary/aromatic N) is 3. The number of hydrogen-bond acceptors (Lipinski definition) is 5. The van der Waals surface area contributed by atoms with Gasteiger partial charge in [-0.25, -0.2) is 0 Å². The first-order valence-corrected chi connectivity index (χ1v) is 7.36. The number of methoxy groups -OCH3 is 1. The van der Waals surface area contributed by atoms with Gasteiger partial charge in [-0.1, -0.05) is 23.9 Å². The zero-order valence-electron chi connectivity index (χ0n) is 11.6. The summed E-state index contributed by atoms with van der Waals surface area (Å²) >= 11 is 1.59. The highest BCUT2D eigenvalue weighted by Crippen LogP contribution is 2.26. The van der Waals surface area contributed by atoms with Crippen molar-refractivity contribution in [2.45, 2.75) is 24.9 Å². The molecule has 0 bridgehead atoms. The van der Waals surface area contributed by atoms with Crippen LogP contribution in [0.25, 0.3) is 5.69 Å². The van der Waals surface area contributed by atoms with Gasteiger partial charge in [-0.3, -0.25) is 4.57 Å². The summed E-state index contributed by atoms with van der Waals surface area (Å²) in [5.41, 5.74) is 0.911. The second kappa shape index (κ2) is 7.09. The predicted octanol–water partition coefficient (Wildman–Crippen LogP) is 2.74. The summed E-state index contributed by atoms with van der Waals surface area (Å²) in [5.74, 6) is 1.84. The fourth-order valence-corrected chi connectivity index (χ4v) is 2.66. The summed E-state index contributed by atoms with van der Waals surface area (Å²) in [5, 5.41) is 8.88. The molecule has 0 N–H and O–H groups in total. The molecule has 5 nitrogen and oxygen atoms in total. The van der Waals surface area contributed by atoms with Crippen LogP contribution in [0.1, 0.15) is 19.8 Å². The van der Waals surface area contributed by atoms with E-state index in [4.69, 9.17) is 4.74 Å². The van der Waals surface area contributed by atoms with E-state index >= 15 is 0 Å². The molecule has 0 radical (unpaired) electrons. The van der Waals surface area contributed by atoms with Crippen LogP contribution in [0, 0.1) is 0 Å². The first-order valence-electron chi connectivity index (χ1n) is 6.38. The maximum atomic E-state index is 10.9. The molecule has 0 fully saturated rings. The topological polar surface area (TPSA) is 57.0 Å².